The van der Waals surface area contributed by atoms with Gasteiger partial charge in [0.2, 0.25) is 0 Å². The van der Waals surface area contributed by atoms with E-state index in [1.807, 2.05) is 6.92 Å². The molecule has 1 heterocycles. The molecule has 0 aromatic carbocycles. The highest BCUT2D eigenvalue weighted by atomic mass is 19.1. The maximum absolute atomic E-state index is 17.0. The van der Waals surface area contributed by atoms with Crippen LogP contribution in [0.3, 0.4) is 0 Å². The van der Waals surface area contributed by atoms with E-state index in [0.29, 0.717) is 24.8 Å². The predicted octanol–water partition coefficient (Wildman–Crippen LogP) is 2.94. The first-order valence-electron chi connectivity index (χ1n) is 10.7. The minimum absolute atomic E-state index is 0.0441. The lowest BCUT2D eigenvalue weighted by Gasteiger charge is -2.62. The molecule has 6 nitrogen and oxygen atoms in total. The number of hydrogen-bond donors (Lipinski definition) is 2. The zero-order valence-corrected chi connectivity index (χ0v) is 17.8. The number of rotatable bonds is 1. The van der Waals surface area contributed by atoms with E-state index >= 15 is 4.39 Å². The third-order valence-electron chi connectivity index (χ3n) is 8.95. The number of carbonyl (C=O) groups excluding carboxylic acids is 1. The second kappa shape index (κ2) is 5.61. The first kappa shape index (κ1) is 20.3. The summed E-state index contributed by atoms with van der Waals surface area (Å²) in [6.07, 6.45) is 3.69. The molecule has 5 aliphatic rings. The van der Waals surface area contributed by atoms with Gasteiger partial charge in [0.1, 0.15) is 6.10 Å². The molecule has 0 amide bonds. The van der Waals surface area contributed by atoms with Crippen LogP contribution in [0.1, 0.15) is 53.4 Å². The molecule has 0 bridgehead atoms. The third-order valence-corrected chi connectivity index (χ3v) is 8.95. The van der Waals surface area contributed by atoms with E-state index in [0.717, 1.165) is 0 Å². The van der Waals surface area contributed by atoms with Gasteiger partial charge in [-0.1, -0.05) is 18.6 Å². The molecule has 164 valence electrons. The maximum atomic E-state index is 17.0. The Morgan fingerprint density at radius 1 is 1.23 bits per heavy atom. The van der Waals surface area contributed by atoms with Crippen molar-refractivity contribution in [2.45, 2.75) is 82.6 Å². The fourth-order valence-electron chi connectivity index (χ4n) is 7.68. The summed E-state index contributed by atoms with van der Waals surface area (Å²) in [5, 5.41) is 21.6. The van der Waals surface area contributed by atoms with Crippen molar-refractivity contribution < 1.29 is 33.7 Å². The van der Waals surface area contributed by atoms with Crippen LogP contribution in [0.15, 0.2) is 23.8 Å². The van der Waals surface area contributed by atoms with Crippen molar-refractivity contribution in [2.24, 2.45) is 22.7 Å². The van der Waals surface area contributed by atoms with Gasteiger partial charge in [-0.2, -0.15) is 0 Å². The molecule has 1 saturated heterocycles. The van der Waals surface area contributed by atoms with E-state index in [1.165, 1.54) is 12.2 Å². The highest BCUT2D eigenvalue weighted by Crippen LogP contribution is 2.72. The van der Waals surface area contributed by atoms with Crippen LogP contribution in [-0.2, 0) is 19.1 Å². The highest BCUT2D eigenvalue weighted by molar-refractivity contribution is 6.01. The highest BCUT2D eigenvalue weighted by Gasteiger charge is 2.80. The number of halogens is 1. The maximum Gasteiger partial charge on any atom is 0.339 e. The second-order valence-electron chi connectivity index (χ2n) is 10.6. The molecule has 1 aliphatic heterocycles. The molecular formula is C23H29FO6. The average Bonchev–Trinajstić information content (AvgIpc) is 3.04. The number of ketones is 1. The van der Waals surface area contributed by atoms with Crippen molar-refractivity contribution >= 4 is 11.8 Å². The van der Waals surface area contributed by atoms with Crippen LogP contribution >= 0.6 is 0 Å². The summed E-state index contributed by atoms with van der Waals surface area (Å²) in [5.74, 6) is -3.24. The van der Waals surface area contributed by atoms with E-state index < -0.39 is 52.0 Å². The standard InChI is InChI=1S/C23H29FO6/c1-19(2)29-17-10-15-14-6-5-12-9-13(25)7-8-20(12,3)22(14,24)16(26)11-21(15,4)23(17,30-19)18(27)28/h7-9,14-17,26H,5-6,10-11H2,1-4H3,(H,27,28)/t14-,15-,16+,17+,20+,21-,22-,23-/m1/s1. The topological polar surface area (TPSA) is 93.1 Å². The molecule has 0 radical (unpaired) electrons. The molecule has 2 N–H and O–H groups in total. The van der Waals surface area contributed by atoms with Crippen LogP contribution in [0.2, 0.25) is 0 Å². The van der Waals surface area contributed by atoms with Gasteiger partial charge >= 0.3 is 5.97 Å². The first-order chi connectivity index (χ1) is 13.8. The Kier molecular flexibility index (Phi) is 3.81. The molecule has 30 heavy (non-hydrogen) atoms. The Hall–Kier alpha value is -1.57. The van der Waals surface area contributed by atoms with E-state index in [4.69, 9.17) is 9.47 Å². The normalized spacial score (nSPS) is 53.4. The average molecular weight is 420 g/mol. The number of fused-ring (bicyclic) bond motifs is 7. The molecule has 0 aromatic rings. The summed E-state index contributed by atoms with van der Waals surface area (Å²) >= 11 is 0. The zero-order chi connectivity index (χ0) is 21.9. The van der Waals surface area contributed by atoms with Gasteiger partial charge in [0, 0.05) is 16.7 Å². The smallest absolute Gasteiger partial charge is 0.339 e. The molecule has 5 rings (SSSR count). The van der Waals surface area contributed by atoms with Gasteiger partial charge in [-0.25, -0.2) is 9.18 Å². The van der Waals surface area contributed by atoms with Crippen molar-refractivity contribution in [3.63, 3.8) is 0 Å². The van der Waals surface area contributed by atoms with Crippen LogP contribution < -0.4 is 0 Å². The number of aliphatic hydroxyl groups is 1. The fourth-order valence-corrected chi connectivity index (χ4v) is 7.68. The number of aliphatic hydroxyl groups excluding tert-OH is 1. The van der Waals surface area contributed by atoms with Crippen molar-refractivity contribution in [1.29, 1.82) is 0 Å². The van der Waals surface area contributed by atoms with Crippen molar-refractivity contribution in [3.8, 4) is 0 Å². The fraction of sp³-hybridized carbons (Fsp3) is 0.739. The SMILES string of the molecule is CC1(C)O[C@H]2C[C@@H]3[C@H]4CCC5=CC(=O)C=C[C@]5(C)[C@]4(F)[C@@H](O)C[C@@]3(C)[C@@]2(C(=O)O)O1. The van der Waals surface area contributed by atoms with Crippen molar-refractivity contribution in [1.82, 2.24) is 0 Å². The van der Waals surface area contributed by atoms with Gasteiger partial charge in [-0.3, -0.25) is 4.79 Å². The lowest BCUT2D eigenvalue weighted by molar-refractivity contribution is -0.251. The van der Waals surface area contributed by atoms with E-state index in [2.05, 4.69) is 0 Å². The van der Waals surface area contributed by atoms with E-state index in [9.17, 15) is 19.8 Å². The Morgan fingerprint density at radius 3 is 2.60 bits per heavy atom. The van der Waals surface area contributed by atoms with E-state index in [1.54, 1.807) is 26.8 Å². The largest absolute Gasteiger partial charge is 0.479 e. The van der Waals surface area contributed by atoms with Crippen LogP contribution in [-0.4, -0.2) is 51.2 Å². The number of allylic oxidation sites excluding steroid dienone is 4. The summed E-state index contributed by atoms with van der Waals surface area (Å²) in [7, 11) is 0. The third kappa shape index (κ3) is 2.04. The predicted molar refractivity (Wildman–Crippen MR) is 104 cm³/mol. The van der Waals surface area contributed by atoms with Crippen LogP contribution in [0, 0.1) is 22.7 Å². The minimum Gasteiger partial charge on any atom is -0.479 e. The summed E-state index contributed by atoms with van der Waals surface area (Å²) in [6, 6.07) is 0. The van der Waals surface area contributed by atoms with Gasteiger partial charge < -0.3 is 19.7 Å². The Balaban J connectivity index is 1.64. The number of alkyl halides is 1. The lowest BCUT2D eigenvalue weighted by atomic mass is 9.45. The summed E-state index contributed by atoms with van der Waals surface area (Å²) in [6.45, 7) is 6.94. The van der Waals surface area contributed by atoms with Crippen LogP contribution in [0.4, 0.5) is 4.39 Å². The van der Waals surface area contributed by atoms with Crippen molar-refractivity contribution in [2.75, 3.05) is 0 Å². The lowest BCUT2D eigenvalue weighted by Crippen LogP contribution is -2.69. The van der Waals surface area contributed by atoms with E-state index in [-0.39, 0.29) is 18.1 Å². The molecule has 3 saturated carbocycles. The second-order valence-corrected chi connectivity index (χ2v) is 10.6. The molecule has 7 heteroatoms. The Labute approximate surface area is 175 Å². The quantitative estimate of drug-likeness (QED) is 0.678. The van der Waals surface area contributed by atoms with Crippen LogP contribution in [0.25, 0.3) is 0 Å². The van der Waals surface area contributed by atoms with Gasteiger partial charge in [-0.05, 0) is 64.5 Å². The number of carboxylic acid groups (broad SMARTS) is 1. The Bertz CT molecular complexity index is 909. The monoisotopic (exact) mass is 420 g/mol. The molecular weight excluding hydrogens is 391 g/mol. The molecule has 8 atom stereocenters. The first-order valence-corrected chi connectivity index (χ1v) is 10.7. The number of ether oxygens (including phenoxy) is 2. The summed E-state index contributed by atoms with van der Waals surface area (Å²) < 4.78 is 29.1. The molecule has 0 spiro atoms. The Morgan fingerprint density at radius 2 is 1.93 bits per heavy atom. The summed E-state index contributed by atoms with van der Waals surface area (Å²) in [5.41, 5.74) is -5.00. The molecule has 4 fully saturated rings. The number of hydrogen-bond acceptors (Lipinski definition) is 5. The number of aliphatic carboxylic acids is 1. The van der Waals surface area contributed by atoms with Crippen LogP contribution in [0.5, 0.6) is 0 Å². The zero-order valence-electron chi connectivity index (χ0n) is 17.8. The molecule has 4 aliphatic carbocycles. The molecule has 0 unspecified atom stereocenters. The molecule has 0 aromatic heterocycles. The van der Waals surface area contributed by atoms with Gasteiger partial charge in [0.15, 0.2) is 22.8 Å². The minimum atomic E-state index is -1.99. The van der Waals surface area contributed by atoms with Gasteiger partial charge in [0.05, 0.1) is 6.10 Å². The number of carboxylic acids is 1. The van der Waals surface area contributed by atoms with Gasteiger partial charge in [-0.15, -0.1) is 0 Å². The van der Waals surface area contributed by atoms with Gasteiger partial charge in [0.25, 0.3) is 0 Å². The number of carbonyl (C=O) groups is 2. The van der Waals surface area contributed by atoms with Crippen molar-refractivity contribution in [3.05, 3.63) is 23.8 Å². The summed E-state index contributed by atoms with van der Waals surface area (Å²) in [4.78, 5) is 24.5.